The Morgan fingerprint density at radius 2 is 1.88 bits per heavy atom. The zero-order valence-corrected chi connectivity index (χ0v) is 14.4. The van der Waals surface area contributed by atoms with E-state index in [1.54, 1.807) is 17.2 Å². The number of rotatable bonds is 3. The second kappa shape index (κ2) is 7.21. The minimum atomic E-state index is 0.0787. The number of likely N-dealkylation sites (tertiary alicyclic amines) is 1. The van der Waals surface area contributed by atoms with Crippen LogP contribution >= 0.6 is 0 Å². The summed E-state index contributed by atoms with van der Waals surface area (Å²) in [7, 11) is 0. The second-order valence-corrected chi connectivity index (χ2v) is 6.86. The molecule has 7 heteroatoms. The van der Waals surface area contributed by atoms with E-state index >= 15 is 0 Å². The van der Waals surface area contributed by atoms with E-state index in [4.69, 9.17) is 0 Å². The zero-order chi connectivity index (χ0) is 17.1. The van der Waals surface area contributed by atoms with E-state index < -0.39 is 0 Å². The summed E-state index contributed by atoms with van der Waals surface area (Å²) < 4.78 is 1.73. The van der Waals surface area contributed by atoms with Gasteiger partial charge in [0.1, 0.15) is 12.1 Å². The van der Waals surface area contributed by atoms with Crippen molar-refractivity contribution >= 4 is 11.7 Å². The molecular weight excluding hydrogens is 316 g/mol. The molecule has 0 aromatic carbocycles. The van der Waals surface area contributed by atoms with Crippen LogP contribution in [-0.4, -0.2) is 56.7 Å². The number of carbonyl (C=O) groups is 1. The van der Waals surface area contributed by atoms with Crippen LogP contribution in [0.5, 0.6) is 0 Å². The standard InChI is InChI=1S/C18H24N6O/c25-18(22-8-2-1-3-9-22)15-6-4-10-23(13-15)16-12-17(20-14-19-16)24-11-5-7-21-24/h5,7,11-12,14-15H,1-4,6,8-10,13H2. The summed E-state index contributed by atoms with van der Waals surface area (Å²) in [5.74, 6) is 2.02. The molecule has 4 heterocycles. The minimum Gasteiger partial charge on any atom is -0.356 e. The molecule has 4 rings (SSSR count). The Balaban J connectivity index is 1.47. The predicted octanol–water partition coefficient (Wildman–Crippen LogP) is 1.89. The summed E-state index contributed by atoms with van der Waals surface area (Å²) >= 11 is 0. The van der Waals surface area contributed by atoms with Crippen LogP contribution in [0.1, 0.15) is 32.1 Å². The number of anilines is 1. The fourth-order valence-electron chi connectivity index (χ4n) is 3.80. The normalized spacial score (nSPS) is 21.4. The van der Waals surface area contributed by atoms with Gasteiger partial charge in [-0.3, -0.25) is 4.79 Å². The van der Waals surface area contributed by atoms with Crippen molar-refractivity contribution < 1.29 is 4.79 Å². The summed E-state index contributed by atoms with van der Waals surface area (Å²) in [4.78, 5) is 25.8. The SMILES string of the molecule is O=C(C1CCCN(c2cc(-n3cccn3)ncn2)C1)N1CCCCC1. The summed E-state index contributed by atoms with van der Waals surface area (Å²) in [6.45, 7) is 3.52. The van der Waals surface area contributed by atoms with Gasteiger partial charge in [-0.15, -0.1) is 0 Å². The minimum absolute atomic E-state index is 0.0787. The topological polar surface area (TPSA) is 67.2 Å². The first-order valence-corrected chi connectivity index (χ1v) is 9.17. The lowest BCUT2D eigenvalue weighted by molar-refractivity contribution is -0.136. The van der Waals surface area contributed by atoms with E-state index in [0.717, 1.165) is 63.5 Å². The molecule has 1 unspecified atom stereocenters. The van der Waals surface area contributed by atoms with Crippen LogP contribution in [-0.2, 0) is 4.79 Å². The zero-order valence-electron chi connectivity index (χ0n) is 14.4. The van der Waals surface area contributed by atoms with Crippen LogP contribution in [0.3, 0.4) is 0 Å². The maximum atomic E-state index is 12.8. The molecule has 0 radical (unpaired) electrons. The van der Waals surface area contributed by atoms with E-state index in [2.05, 4.69) is 24.9 Å². The first-order chi connectivity index (χ1) is 12.3. The van der Waals surface area contributed by atoms with Crippen LogP contribution in [0.15, 0.2) is 30.9 Å². The van der Waals surface area contributed by atoms with Gasteiger partial charge in [0.2, 0.25) is 5.91 Å². The third kappa shape index (κ3) is 3.50. The van der Waals surface area contributed by atoms with Crippen molar-refractivity contribution in [2.45, 2.75) is 32.1 Å². The summed E-state index contributed by atoms with van der Waals surface area (Å²) in [6.07, 6.45) is 10.7. The highest BCUT2D eigenvalue weighted by atomic mass is 16.2. The molecule has 7 nitrogen and oxygen atoms in total. The summed E-state index contributed by atoms with van der Waals surface area (Å²) in [5, 5.41) is 4.22. The van der Waals surface area contributed by atoms with E-state index in [-0.39, 0.29) is 5.92 Å². The van der Waals surface area contributed by atoms with Gasteiger partial charge >= 0.3 is 0 Å². The molecule has 0 aliphatic carbocycles. The van der Waals surface area contributed by atoms with Gasteiger partial charge in [-0.25, -0.2) is 14.6 Å². The van der Waals surface area contributed by atoms with Gasteiger partial charge in [-0.2, -0.15) is 5.10 Å². The molecule has 1 amide bonds. The van der Waals surface area contributed by atoms with Crippen LogP contribution in [0.2, 0.25) is 0 Å². The van der Waals surface area contributed by atoms with Gasteiger partial charge in [0.05, 0.1) is 5.92 Å². The predicted molar refractivity (Wildman–Crippen MR) is 94.5 cm³/mol. The van der Waals surface area contributed by atoms with E-state index in [9.17, 15) is 4.79 Å². The highest BCUT2D eigenvalue weighted by molar-refractivity contribution is 5.79. The molecule has 2 saturated heterocycles. The van der Waals surface area contributed by atoms with Gasteiger partial charge in [-0.1, -0.05) is 0 Å². The van der Waals surface area contributed by atoms with Crippen LogP contribution in [0.4, 0.5) is 5.82 Å². The van der Waals surface area contributed by atoms with E-state index in [1.807, 2.05) is 18.3 Å². The Hall–Kier alpha value is -2.44. The van der Waals surface area contributed by atoms with Crippen LogP contribution < -0.4 is 4.90 Å². The fourth-order valence-corrected chi connectivity index (χ4v) is 3.80. The third-order valence-corrected chi connectivity index (χ3v) is 5.14. The number of hydrogen-bond acceptors (Lipinski definition) is 5. The first-order valence-electron chi connectivity index (χ1n) is 9.17. The van der Waals surface area contributed by atoms with Crippen LogP contribution in [0, 0.1) is 5.92 Å². The Kier molecular flexibility index (Phi) is 4.63. The van der Waals surface area contributed by atoms with Crippen molar-refractivity contribution in [2.24, 2.45) is 5.92 Å². The first kappa shape index (κ1) is 16.1. The van der Waals surface area contributed by atoms with Crippen molar-refractivity contribution in [2.75, 3.05) is 31.1 Å². The van der Waals surface area contributed by atoms with Crippen molar-refractivity contribution in [3.63, 3.8) is 0 Å². The third-order valence-electron chi connectivity index (χ3n) is 5.14. The Morgan fingerprint density at radius 3 is 2.68 bits per heavy atom. The molecule has 2 aliphatic rings. The molecular formula is C18H24N6O. The van der Waals surface area contributed by atoms with E-state index in [0.29, 0.717) is 5.91 Å². The van der Waals surface area contributed by atoms with Crippen molar-refractivity contribution in [1.82, 2.24) is 24.6 Å². The fraction of sp³-hybridized carbons (Fsp3) is 0.556. The van der Waals surface area contributed by atoms with Gasteiger partial charge in [0.15, 0.2) is 5.82 Å². The van der Waals surface area contributed by atoms with Crippen molar-refractivity contribution in [3.8, 4) is 5.82 Å². The van der Waals surface area contributed by atoms with Crippen LogP contribution in [0.25, 0.3) is 5.82 Å². The number of amides is 1. The summed E-state index contributed by atoms with van der Waals surface area (Å²) in [6, 6.07) is 3.82. The molecule has 2 aromatic heterocycles. The molecule has 0 bridgehead atoms. The average Bonchev–Trinajstić information content (AvgIpc) is 3.23. The Morgan fingerprint density at radius 1 is 1.04 bits per heavy atom. The highest BCUT2D eigenvalue weighted by Crippen LogP contribution is 2.25. The van der Waals surface area contributed by atoms with Gasteiger partial charge in [-0.05, 0) is 38.2 Å². The number of hydrogen-bond donors (Lipinski definition) is 0. The quantitative estimate of drug-likeness (QED) is 0.853. The summed E-state index contributed by atoms with van der Waals surface area (Å²) in [5.41, 5.74) is 0. The number of piperidine rings is 2. The van der Waals surface area contributed by atoms with Gasteiger partial charge in [0.25, 0.3) is 0 Å². The average molecular weight is 340 g/mol. The molecule has 2 fully saturated rings. The molecule has 25 heavy (non-hydrogen) atoms. The monoisotopic (exact) mass is 340 g/mol. The van der Waals surface area contributed by atoms with Gasteiger partial charge in [0, 0.05) is 44.6 Å². The molecule has 132 valence electrons. The number of aromatic nitrogens is 4. The lowest BCUT2D eigenvalue weighted by atomic mass is 9.95. The Bertz CT molecular complexity index is 710. The van der Waals surface area contributed by atoms with Crippen molar-refractivity contribution in [1.29, 1.82) is 0 Å². The molecule has 2 aliphatic heterocycles. The Labute approximate surface area is 147 Å². The molecule has 2 aromatic rings. The number of nitrogens with zero attached hydrogens (tertiary/aromatic N) is 6. The van der Waals surface area contributed by atoms with Gasteiger partial charge < -0.3 is 9.80 Å². The smallest absolute Gasteiger partial charge is 0.227 e. The maximum Gasteiger partial charge on any atom is 0.227 e. The lowest BCUT2D eigenvalue weighted by Crippen LogP contribution is -2.46. The lowest BCUT2D eigenvalue weighted by Gasteiger charge is -2.36. The number of carbonyl (C=O) groups excluding carboxylic acids is 1. The molecule has 1 atom stereocenters. The maximum absolute atomic E-state index is 12.8. The molecule has 0 spiro atoms. The van der Waals surface area contributed by atoms with E-state index in [1.165, 1.54) is 6.42 Å². The highest BCUT2D eigenvalue weighted by Gasteiger charge is 2.30. The molecule has 0 saturated carbocycles. The largest absolute Gasteiger partial charge is 0.356 e. The molecule has 0 N–H and O–H groups in total. The van der Waals surface area contributed by atoms with Crippen molar-refractivity contribution in [3.05, 3.63) is 30.9 Å². The second-order valence-electron chi connectivity index (χ2n) is 6.86.